The van der Waals surface area contributed by atoms with Gasteiger partial charge in [-0.25, -0.2) is 0 Å². The topological polar surface area (TPSA) is 35.5 Å². The maximum atomic E-state index is 9.23. The van der Waals surface area contributed by atoms with Crippen molar-refractivity contribution in [2.45, 2.75) is 25.4 Å². The van der Waals surface area contributed by atoms with E-state index >= 15 is 0 Å². The number of nitrogens with one attached hydrogen (secondary N) is 1. The number of rotatable bonds is 3. The number of phenols is 1. The third-order valence-corrected chi connectivity index (χ3v) is 3.27. The van der Waals surface area contributed by atoms with Gasteiger partial charge in [-0.2, -0.15) is 0 Å². The number of likely N-dealkylation sites (tertiary alicyclic amines) is 1. The van der Waals surface area contributed by atoms with E-state index in [9.17, 15) is 5.11 Å². The molecule has 1 fully saturated rings. The molecule has 3 nitrogen and oxygen atoms in total. The van der Waals surface area contributed by atoms with Crippen LogP contribution in [0.25, 0.3) is 0 Å². The molecule has 2 atom stereocenters. The summed E-state index contributed by atoms with van der Waals surface area (Å²) in [6, 6.07) is 8.38. The molecule has 0 aliphatic carbocycles. The number of hydrogen-bond donors (Lipinski definition) is 2. The van der Waals surface area contributed by atoms with Crippen LogP contribution in [-0.2, 0) is 0 Å². The second kappa shape index (κ2) is 4.85. The highest BCUT2D eigenvalue weighted by molar-refractivity contribution is 5.27. The zero-order valence-electron chi connectivity index (χ0n) is 9.98. The largest absolute Gasteiger partial charge is 0.508 e. The van der Waals surface area contributed by atoms with Crippen LogP contribution in [0, 0.1) is 0 Å². The highest BCUT2D eigenvalue weighted by atomic mass is 16.3. The summed E-state index contributed by atoms with van der Waals surface area (Å²) in [6.45, 7) is 4.48. The zero-order chi connectivity index (χ0) is 11.5. The lowest BCUT2D eigenvalue weighted by Crippen LogP contribution is -2.33. The van der Waals surface area contributed by atoms with E-state index in [1.807, 2.05) is 12.1 Å². The molecule has 2 rings (SSSR count). The van der Waals surface area contributed by atoms with Crippen molar-refractivity contribution in [3.8, 4) is 5.75 Å². The number of likely N-dealkylation sites (N-methyl/N-ethyl adjacent to an activating group) is 1. The Morgan fingerprint density at radius 1 is 1.38 bits per heavy atom. The molecule has 0 aromatic heterocycles. The number of aromatic hydroxyl groups is 1. The van der Waals surface area contributed by atoms with Gasteiger partial charge in [-0.15, -0.1) is 0 Å². The van der Waals surface area contributed by atoms with E-state index in [-0.39, 0.29) is 0 Å². The molecule has 1 saturated heterocycles. The summed E-state index contributed by atoms with van der Waals surface area (Å²) >= 11 is 0. The lowest BCUT2D eigenvalue weighted by Gasteiger charge is -2.19. The minimum atomic E-state index is 0.330. The van der Waals surface area contributed by atoms with E-state index < -0.39 is 0 Å². The molecular weight excluding hydrogens is 200 g/mol. The quantitative estimate of drug-likeness (QED) is 0.814. The molecule has 88 valence electrons. The Bertz CT molecular complexity index is 336. The fourth-order valence-corrected chi connectivity index (χ4v) is 2.28. The Balaban J connectivity index is 1.92. The molecule has 1 aromatic carbocycles. The average Bonchev–Trinajstić information content (AvgIpc) is 2.65. The van der Waals surface area contributed by atoms with Gasteiger partial charge in [-0.1, -0.05) is 12.1 Å². The Morgan fingerprint density at radius 3 is 2.62 bits per heavy atom. The zero-order valence-corrected chi connectivity index (χ0v) is 9.98. The summed E-state index contributed by atoms with van der Waals surface area (Å²) in [6.07, 6.45) is 1.22. The van der Waals surface area contributed by atoms with Gasteiger partial charge in [0, 0.05) is 18.6 Å². The van der Waals surface area contributed by atoms with Crippen LogP contribution in [0.5, 0.6) is 5.75 Å². The van der Waals surface area contributed by atoms with E-state index in [0.29, 0.717) is 17.8 Å². The Hall–Kier alpha value is -1.06. The summed E-state index contributed by atoms with van der Waals surface area (Å²) in [5, 5.41) is 12.9. The van der Waals surface area contributed by atoms with Crippen molar-refractivity contribution in [1.29, 1.82) is 0 Å². The van der Waals surface area contributed by atoms with E-state index in [2.05, 4.69) is 24.2 Å². The van der Waals surface area contributed by atoms with Crippen molar-refractivity contribution in [1.82, 2.24) is 10.2 Å². The first kappa shape index (κ1) is 11.4. The average molecular weight is 220 g/mol. The van der Waals surface area contributed by atoms with Crippen LogP contribution in [-0.4, -0.2) is 36.2 Å². The monoisotopic (exact) mass is 220 g/mol. The third kappa shape index (κ3) is 2.74. The van der Waals surface area contributed by atoms with Gasteiger partial charge in [-0.3, -0.25) is 0 Å². The lowest BCUT2D eigenvalue weighted by molar-refractivity contribution is 0.387. The Labute approximate surface area is 97.1 Å². The molecule has 0 radical (unpaired) electrons. The van der Waals surface area contributed by atoms with E-state index in [1.54, 1.807) is 12.1 Å². The van der Waals surface area contributed by atoms with E-state index in [4.69, 9.17) is 0 Å². The van der Waals surface area contributed by atoms with Crippen molar-refractivity contribution in [2.24, 2.45) is 0 Å². The molecule has 0 spiro atoms. The smallest absolute Gasteiger partial charge is 0.115 e. The van der Waals surface area contributed by atoms with Gasteiger partial charge in [0.2, 0.25) is 0 Å². The first-order chi connectivity index (χ1) is 7.65. The van der Waals surface area contributed by atoms with Crippen molar-refractivity contribution in [2.75, 3.05) is 20.1 Å². The van der Waals surface area contributed by atoms with Crippen molar-refractivity contribution < 1.29 is 5.11 Å². The standard InChI is InChI=1S/C13H20N2O/c1-10(11-3-5-13(16)6-4-11)14-12-7-8-15(2)9-12/h3-6,10,12,14,16H,7-9H2,1-2H3. The van der Waals surface area contributed by atoms with Crippen LogP contribution in [0.3, 0.4) is 0 Å². The molecular formula is C13H20N2O. The van der Waals surface area contributed by atoms with Gasteiger partial charge < -0.3 is 15.3 Å². The van der Waals surface area contributed by atoms with Gasteiger partial charge in [0.15, 0.2) is 0 Å². The number of benzene rings is 1. The molecule has 16 heavy (non-hydrogen) atoms. The van der Waals surface area contributed by atoms with Crippen LogP contribution in [0.4, 0.5) is 0 Å². The molecule has 1 aliphatic heterocycles. The molecule has 1 heterocycles. The SMILES string of the molecule is CC(NC1CCN(C)C1)c1ccc(O)cc1. The fourth-order valence-electron chi connectivity index (χ4n) is 2.28. The minimum absolute atomic E-state index is 0.330. The number of phenolic OH excluding ortho intramolecular Hbond substituents is 1. The number of nitrogens with zero attached hydrogens (tertiary/aromatic N) is 1. The summed E-state index contributed by atoms with van der Waals surface area (Å²) in [4.78, 5) is 2.35. The highest BCUT2D eigenvalue weighted by Crippen LogP contribution is 2.18. The molecule has 1 aliphatic rings. The first-order valence-corrected chi connectivity index (χ1v) is 5.88. The third-order valence-electron chi connectivity index (χ3n) is 3.27. The minimum Gasteiger partial charge on any atom is -0.508 e. The van der Waals surface area contributed by atoms with Crippen LogP contribution < -0.4 is 5.32 Å². The Morgan fingerprint density at radius 2 is 2.06 bits per heavy atom. The second-order valence-electron chi connectivity index (χ2n) is 4.73. The van der Waals surface area contributed by atoms with Crippen molar-refractivity contribution >= 4 is 0 Å². The van der Waals surface area contributed by atoms with Gasteiger partial charge in [0.25, 0.3) is 0 Å². The van der Waals surface area contributed by atoms with Crippen LogP contribution in [0.1, 0.15) is 24.9 Å². The second-order valence-corrected chi connectivity index (χ2v) is 4.73. The highest BCUT2D eigenvalue weighted by Gasteiger charge is 2.20. The molecule has 0 amide bonds. The summed E-state index contributed by atoms with van der Waals surface area (Å²) < 4.78 is 0. The maximum absolute atomic E-state index is 9.23. The maximum Gasteiger partial charge on any atom is 0.115 e. The summed E-state index contributed by atoms with van der Waals surface area (Å²) in [5.74, 6) is 0.330. The van der Waals surface area contributed by atoms with Crippen molar-refractivity contribution in [3.05, 3.63) is 29.8 Å². The molecule has 0 bridgehead atoms. The van der Waals surface area contributed by atoms with Gasteiger partial charge in [0.1, 0.15) is 5.75 Å². The molecule has 2 unspecified atom stereocenters. The molecule has 0 saturated carbocycles. The van der Waals surface area contributed by atoms with Crippen molar-refractivity contribution in [3.63, 3.8) is 0 Å². The predicted octanol–water partition coefficient (Wildman–Crippen LogP) is 1.75. The Kier molecular flexibility index (Phi) is 3.46. The van der Waals surface area contributed by atoms with E-state index in [1.165, 1.54) is 18.5 Å². The normalized spacial score (nSPS) is 23.5. The summed E-state index contributed by atoms with van der Waals surface area (Å²) in [7, 11) is 2.16. The predicted molar refractivity (Wildman–Crippen MR) is 65.6 cm³/mol. The van der Waals surface area contributed by atoms with Gasteiger partial charge in [0.05, 0.1) is 0 Å². The molecule has 2 N–H and O–H groups in total. The first-order valence-electron chi connectivity index (χ1n) is 5.88. The van der Waals surface area contributed by atoms with E-state index in [0.717, 1.165) is 6.54 Å². The number of hydrogen-bond acceptors (Lipinski definition) is 3. The van der Waals surface area contributed by atoms with Crippen LogP contribution >= 0.6 is 0 Å². The van der Waals surface area contributed by atoms with Gasteiger partial charge in [-0.05, 0) is 44.6 Å². The van der Waals surface area contributed by atoms with Crippen LogP contribution in [0.15, 0.2) is 24.3 Å². The summed E-state index contributed by atoms with van der Waals surface area (Å²) in [5.41, 5.74) is 1.23. The van der Waals surface area contributed by atoms with Crippen LogP contribution in [0.2, 0.25) is 0 Å². The molecule has 1 aromatic rings. The van der Waals surface area contributed by atoms with Gasteiger partial charge >= 0.3 is 0 Å². The lowest BCUT2D eigenvalue weighted by atomic mass is 10.1. The molecule has 3 heteroatoms. The fraction of sp³-hybridized carbons (Fsp3) is 0.538.